The van der Waals surface area contributed by atoms with Gasteiger partial charge in [-0.1, -0.05) is 43.2 Å². The highest BCUT2D eigenvalue weighted by molar-refractivity contribution is 9.10. The van der Waals surface area contributed by atoms with Crippen molar-refractivity contribution in [2.75, 3.05) is 37.6 Å². The van der Waals surface area contributed by atoms with E-state index in [-0.39, 0.29) is 15.3 Å². The first-order chi connectivity index (χ1) is 19.8. The van der Waals surface area contributed by atoms with Crippen LogP contribution in [0.4, 0.5) is 5.69 Å². The van der Waals surface area contributed by atoms with Crippen molar-refractivity contribution >= 4 is 31.5 Å². The number of rotatable bonds is 8. The highest BCUT2D eigenvalue weighted by Crippen LogP contribution is 2.50. The van der Waals surface area contributed by atoms with Crippen molar-refractivity contribution in [3.63, 3.8) is 0 Å². The molecule has 2 aliphatic heterocycles. The Morgan fingerprint density at radius 1 is 0.976 bits per heavy atom. The van der Waals surface area contributed by atoms with Gasteiger partial charge in [0.05, 0.1) is 20.9 Å². The summed E-state index contributed by atoms with van der Waals surface area (Å²) in [7, 11) is -1.97. The second-order valence-corrected chi connectivity index (χ2v) is 14.8. The maximum Gasteiger partial charge on any atom is 0.226 e. The monoisotopic (exact) mass is 635 g/mol. The molecule has 216 valence electrons. The second-order valence-electron chi connectivity index (χ2n) is 12.1. The topological polar surface area (TPSA) is 82.2 Å². The van der Waals surface area contributed by atoms with E-state index in [1.807, 2.05) is 12.1 Å². The lowest BCUT2D eigenvalue weighted by Crippen LogP contribution is -2.53. The Morgan fingerprint density at radius 2 is 1.61 bits per heavy atom. The van der Waals surface area contributed by atoms with E-state index >= 15 is 0 Å². The van der Waals surface area contributed by atoms with Crippen LogP contribution in [0.25, 0.3) is 0 Å². The fourth-order valence-electron chi connectivity index (χ4n) is 7.55. The Bertz CT molecular complexity index is 1500. The van der Waals surface area contributed by atoms with Crippen LogP contribution in [0.1, 0.15) is 44.1 Å². The number of aryl methyl sites for hydroxylation is 1. The molecule has 9 heteroatoms. The molecular formula is C32H38BrN5O2S. The van der Waals surface area contributed by atoms with Crippen molar-refractivity contribution in [3.8, 4) is 6.07 Å². The lowest BCUT2D eigenvalue weighted by molar-refractivity contribution is 0.103. The molecule has 1 saturated carbocycles. The molecule has 1 atom stereocenters. The number of piperidine rings is 1. The van der Waals surface area contributed by atoms with E-state index < -0.39 is 9.84 Å². The lowest BCUT2D eigenvalue weighted by atomic mass is 9.60. The third-order valence-corrected chi connectivity index (χ3v) is 12.2. The van der Waals surface area contributed by atoms with E-state index in [4.69, 9.17) is 0 Å². The zero-order valence-electron chi connectivity index (χ0n) is 23.6. The molecule has 3 fully saturated rings. The summed E-state index contributed by atoms with van der Waals surface area (Å²) < 4.78 is 28.0. The molecule has 1 aromatic heterocycles. The summed E-state index contributed by atoms with van der Waals surface area (Å²) in [5.41, 5.74) is 1.93. The van der Waals surface area contributed by atoms with Gasteiger partial charge in [-0.25, -0.2) is 8.42 Å². The third-order valence-electron chi connectivity index (χ3n) is 9.66. The Kier molecular flexibility index (Phi) is 8.01. The summed E-state index contributed by atoms with van der Waals surface area (Å²) in [5.74, 6) is 1.48. The third kappa shape index (κ3) is 5.35. The van der Waals surface area contributed by atoms with Crippen LogP contribution >= 0.6 is 15.9 Å². The Labute approximate surface area is 252 Å². The van der Waals surface area contributed by atoms with E-state index in [0.29, 0.717) is 22.2 Å². The van der Waals surface area contributed by atoms with Crippen molar-refractivity contribution in [2.24, 2.45) is 24.8 Å². The number of hydrogen-bond donors (Lipinski definition) is 0. The first-order valence-corrected chi connectivity index (χ1v) is 17.1. The molecule has 0 spiro atoms. The van der Waals surface area contributed by atoms with Gasteiger partial charge in [-0.3, -0.25) is 4.68 Å². The predicted molar refractivity (Wildman–Crippen MR) is 163 cm³/mol. The first kappa shape index (κ1) is 28.4. The first-order valence-electron chi connectivity index (χ1n) is 14.8. The quantitative estimate of drug-likeness (QED) is 0.310. The van der Waals surface area contributed by atoms with Crippen LogP contribution in [-0.4, -0.2) is 55.8 Å². The molecule has 0 radical (unpaired) electrons. The average Bonchev–Trinajstić information content (AvgIpc) is 3.63. The van der Waals surface area contributed by atoms with E-state index in [1.165, 1.54) is 35.9 Å². The van der Waals surface area contributed by atoms with Crippen molar-refractivity contribution < 1.29 is 8.42 Å². The zero-order chi connectivity index (χ0) is 28.6. The van der Waals surface area contributed by atoms with Gasteiger partial charge in [-0.2, -0.15) is 10.4 Å². The fourth-order valence-corrected chi connectivity index (χ4v) is 9.83. The molecule has 1 aliphatic carbocycles. The Balaban J connectivity index is 1.04. The maximum atomic E-state index is 13.0. The maximum absolute atomic E-state index is 13.0. The normalized spacial score (nSPS) is 21.0. The fraction of sp³-hybridized carbons (Fsp3) is 0.500. The number of halogens is 1. The molecule has 0 N–H and O–H groups in total. The van der Waals surface area contributed by atoms with Gasteiger partial charge in [0, 0.05) is 44.5 Å². The summed E-state index contributed by atoms with van der Waals surface area (Å²) in [6.45, 7) is 5.15. The van der Waals surface area contributed by atoms with Crippen LogP contribution in [0.5, 0.6) is 0 Å². The van der Waals surface area contributed by atoms with Crippen LogP contribution < -0.4 is 4.90 Å². The van der Waals surface area contributed by atoms with Gasteiger partial charge in [-0.15, -0.1) is 0 Å². The van der Waals surface area contributed by atoms with E-state index in [2.05, 4.69) is 67.2 Å². The molecule has 0 amide bonds. The van der Waals surface area contributed by atoms with Crippen LogP contribution in [0, 0.1) is 29.1 Å². The van der Waals surface area contributed by atoms with E-state index in [9.17, 15) is 13.7 Å². The highest BCUT2D eigenvalue weighted by atomic mass is 79.9. The summed E-state index contributed by atoms with van der Waals surface area (Å²) in [6, 6.07) is 20.7. The largest absolute Gasteiger partial charge is 0.371 e. The summed E-state index contributed by atoms with van der Waals surface area (Å²) in [5, 5.41) is 14.8. The number of anilines is 1. The van der Waals surface area contributed by atoms with Crippen molar-refractivity contribution in [1.29, 1.82) is 5.26 Å². The summed E-state index contributed by atoms with van der Waals surface area (Å²) in [4.78, 5) is 5.17. The molecular weight excluding hydrogens is 598 g/mol. The standard InChI is InChI=1S/C32H38BrN5O2S/c1-36-22-30(33)31(35-36)41(39,40)29-13-11-28(12-14-29)38-20-24(21-38)19-37-17-15-27(16-18-37)32(23-34,26-9-5-6-10-26)25-7-3-2-4-8-25/h2-4,7-8,11-14,22,24,26-27H,5-6,9-10,15-21H2,1H3. The van der Waals surface area contributed by atoms with Crippen LogP contribution in [0.15, 0.2) is 75.2 Å². The van der Waals surface area contributed by atoms with Gasteiger partial charge >= 0.3 is 0 Å². The molecule has 1 unspecified atom stereocenters. The number of sulfone groups is 1. The number of nitrogens with zero attached hydrogens (tertiary/aromatic N) is 5. The van der Waals surface area contributed by atoms with Gasteiger partial charge in [0.2, 0.25) is 9.84 Å². The van der Waals surface area contributed by atoms with Gasteiger partial charge in [0.25, 0.3) is 0 Å². The lowest BCUT2D eigenvalue weighted by Gasteiger charge is -2.47. The van der Waals surface area contributed by atoms with Gasteiger partial charge < -0.3 is 9.80 Å². The van der Waals surface area contributed by atoms with Crippen LogP contribution in [-0.2, 0) is 22.3 Å². The van der Waals surface area contributed by atoms with Crippen molar-refractivity contribution in [3.05, 3.63) is 70.8 Å². The van der Waals surface area contributed by atoms with Gasteiger partial charge in [0.1, 0.15) is 0 Å². The molecule has 6 rings (SSSR count). The minimum absolute atomic E-state index is 0.0413. The number of aromatic nitrogens is 2. The zero-order valence-corrected chi connectivity index (χ0v) is 26.0. The SMILES string of the molecule is Cn1cc(Br)c(S(=O)(=O)c2ccc(N3CC(CN4CCC(C(C#N)(c5ccccc5)C5CCCC5)CC4)C3)cc2)n1. The number of benzene rings is 2. The molecule has 3 heterocycles. The van der Waals surface area contributed by atoms with E-state index in [1.54, 1.807) is 25.4 Å². The predicted octanol–water partition coefficient (Wildman–Crippen LogP) is 5.82. The van der Waals surface area contributed by atoms with Crippen molar-refractivity contribution in [2.45, 2.75) is 53.9 Å². The smallest absolute Gasteiger partial charge is 0.226 e. The molecule has 2 aromatic carbocycles. The second kappa shape index (κ2) is 11.5. The number of nitriles is 1. The Hall–Kier alpha value is -2.67. The molecule has 7 nitrogen and oxygen atoms in total. The molecule has 3 aromatic rings. The van der Waals surface area contributed by atoms with Gasteiger partial charge in [0.15, 0.2) is 5.03 Å². The number of hydrogen-bond acceptors (Lipinski definition) is 6. The molecule has 0 bridgehead atoms. The molecule has 3 aliphatic rings. The van der Waals surface area contributed by atoms with Gasteiger partial charge in [-0.05, 0) is 96.4 Å². The summed E-state index contributed by atoms with van der Waals surface area (Å²) in [6.07, 6.45) is 8.65. The minimum atomic E-state index is -3.67. The van der Waals surface area contributed by atoms with Crippen LogP contribution in [0.2, 0.25) is 0 Å². The van der Waals surface area contributed by atoms with E-state index in [0.717, 1.165) is 51.3 Å². The Morgan fingerprint density at radius 3 is 2.20 bits per heavy atom. The average molecular weight is 637 g/mol. The van der Waals surface area contributed by atoms with Crippen molar-refractivity contribution in [1.82, 2.24) is 14.7 Å². The summed E-state index contributed by atoms with van der Waals surface area (Å²) >= 11 is 3.31. The minimum Gasteiger partial charge on any atom is -0.371 e. The highest BCUT2D eigenvalue weighted by Gasteiger charge is 2.48. The molecule has 41 heavy (non-hydrogen) atoms. The molecule has 2 saturated heterocycles. The van der Waals surface area contributed by atoms with Crippen LogP contribution in [0.3, 0.4) is 0 Å². The number of likely N-dealkylation sites (tertiary alicyclic amines) is 1.